The van der Waals surface area contributed by atoms with E-state index in [0.29, 0.717) is 17.0 Å². The van der Waals surface area contributed by atoms with Crippen LogP contribution in [-0.4, -0.2) is 31.5 Å². The topological polar surface area (TPSA) is 70.7 Å². The van der Waals surface area contributed by atoms with Gasteiger partial charge in [0.05, 0.1) is 12.6 Å². The van der Waals surface area contributed by atoms with E-state index in [1.165, 1.54) is 0 Å². The van der Waals surface area contributed by atoms with Gasteiger partial charge >= 0.3 is 0 Å². The van der Waals surface area contributed by atoms with Gasteiger partial charge in [-0.1, -0.05) is 24.3 Å². The molecule has 160 valence electrons. The lowest BCUT2D eigenvalue weighted by molar-refractivity contribution is -0.114. The van der Waals surface area contributed by atoms with E-state index in [1.54, 1.807) is 42.3 Å². The van der Waals surface area contributed by atoms with E-state index in [4.69, 9.17) is 4.74 Å². The van der Waals surface area contributed by atoms with E-state index >= 15 is 0 Å². The van der Waals surface area contributed by atoms with Gasteiger partial charge in [0.25, 0.3) is 5.91 Å². The molecule has 0 aromatic heterocycles. The summed E-state index contributed by atoms with van der Waals surface area (Å²) in [4.78, 5) is 26.5. The van der Waals surface area contributed by atoms with Crippen LogP contribution in [0.3, 0.4) is 0 Å². The molecular weight excluding hydrogens is 390 g/mol. The fourth-order valence-corrected chi connectivity index (χ4v) is 3.00. The number of anilines is 3. The molecule has 3 aromatic carbocycles. The maximum absolute atomic E-state index is 12.7. The minimum absolute atomic E-state index is 0.0648. The fraction of sp³-hybridized carbons (Fsp3) is 0.200. The Balaban J connectivity index is 1.53. The van der Waals surface area contributed by atoms with Crippen LogP contribution in [0.25, 0.3) is 0 Å². The quantitative estimate of drug-likeness (QED) is 0.552. The highest BCUT2D eigenvalue weighted by Crippen LogP contribution is 2.19. The van der Waals surface area contributed by atoms with Crippen LogP contribution in [0, 0.1) is 0 Å². The summed E-state index contributed by atoms with van der Waals surface area (Å²) in [6.07, 6.45) is 0.0648. The fourth-order valence-electron chi connectivity index (χ4n) is 3.00. The highest BCUT2D eigenvalue weighted by molar-refractivity contribution is 6.05. The molecule has 0 atom stereocenters. The molecule has 0 heterocycles. The molecular formula is C25H27N3O3. The number of rotatable bonds is 8. The number of para-hydroxylation sites is 1. The zero-order valence-corrected chi connectivity index (χ0v) is 18.0. The summed E-state index contributed by atoms with van der Waals surface area (Å²) in [5.74, 6) is 0.436. The van der Waals surface area contributed by atoms with Crippen molar-refractivity contribution >= 4 is 28.9 Å². The first-order chi connectivity index (χ1) is 14.9. The van der Waals surface area contributed by atoms with Crippen molar-refractivity contribution in [3.63, 3.8) is 0 Å². The van der Waals surface area contributed by atoms with E-state index in [9.17, 15) is 9.59 Å². The molecule has 0 aliphatic heterocycles. The van der Waals surface area contributed by atoms with Gasteiger partial charge in [-0.15, -0.1) is 0 Å². The Morgan fingerprint density at radius 1 is 0.903 bits per heavy atom. The second-order valence-corrected chi connectivity index (χ2v) is 7.37. The summed E-state index contributed by atoms with van der Waals surface area (Å²) in [6, 6.07) is 23.8. The van der Waals surface area contributed by atoms with E-state index in [2.05, 4.69) is 10.6 Å². The first-order valence-corrected chi connectivity index (χ1v) is 10.2. The third-order valence-electron chi connectivity index (χ3n) is 4.52. The van der Waals surface area contributed by atoms with Crippen molar-refractivity contribution in [3.8, 4) is 5.75 Å². The lowest BCUT2D eigenvalue weighted by Gasteiger charge is -2.17. The lowest BCUT2D eigenvalue weighted by Crippen LogP contribution is -2.26. The van der Waals surface area contributed by atoms with Crippen molar-refractivity contribution in [3.05, 3.63) is 84.4 Å². The van der Waals surface area contributed by atoms with Gasteiger partial charge in [-0.3, -0.25) is 9.59 Å². The maximum atomic E-state index is 12.7. The molecule has 31 heavy (non-hydrogen) atoms. The number of nitrogens with one attached hydrogen (secondary N) is 2. The highest BCUT2D eigenvalue weighted by Gasteiger charge is 2.13. The summed E-state index contributed by atoms with van der Waals surface area (Å²) < 4.78 is 5.64. The third kappa shape index (κ3) is 6.34. The number of carbonyl (C=O) groups excluding carboxylic acids is 2. The van der Waals surface area contributed by atoms with Crippen LogP contribution in [0.4, 0.5) is 17.1 Å². The minimum Gasteiger partial charge on any atom is -0.491 e. The second-order valence-electron chi connectivity index (χ2n) is 7.37. The van der Waals surface area contributed by atoms with Gasteiger partial charge in [0.2, 0.25) is 5.91 Å². The van der Waals surface area contributed by atoms with Crippen molar-refractivity contribution < 1.29 is 14.3 Å². The van der Waals surface area contributed by atoms with E-state index in [1.807, 2.05) is 62.4 Å². The monoisotopic (exact) mass is 417 g/mol. The number of hydrogen-bond donors (Lipinski definition) is 2. The molecule has 3 rings (SSSR count). The van der Waals surface area contributed by atoms with Crippen LogP contribution >= 0.6 is 0 Å². The summed E-state index contributed by atoms with van der Waals surface area (Å²) in [7, 11) is 1.75. The van der Waals surface area contributed by atoms with Crippen molar-refractivity contribution in [1.29, 1.82) is 0 Å². The van der Waals surface area contributed by atoms with Gasteiger partial charge in [-0.2, -0.15) is 0 Å². The predicted molar refractivity (Wildman–Crippen MR) is 125 cm³/mol. The Labute approximate surface area is 182 Å². The molecule has 3 aromatic rings. The first-order valence-electron chi connectivity index (χ1n) is 10.2. The van der Waals surface area contributed by atoms with Gasteiger partial charge in [0, 0.05) is 35.7 Å². The molecule has 0 unspecified atom stereocenters. The zero-order chi connectivity index (χ0) is 22.2. The molecule has 0 aliphatic rings. The molecule has 0 fully saturated rings. The molecule has 0 spiro atoms. The Kier molecular flexibility index (Phi) is 7.27. The molecule has 2 N–H and O–H groups in total. The highest BCUT2D eigenvalue weighted by atomic mass is 16.5. The number of amides is 2. The smallest absolute Gasteiger partial charge is 0.258 e. The second kappa shape index (κ2) is 10.3. The van der Waals surface area contributed by atoms with Crippen LogP contribution in [0.2, 0.25) is 0 Å². The molecule has 2 amide bonds. The number of ether oxygens (including phenoxy) is 1. The maximum Gasteiger partial charge on any atom is 0.258 e. The lowest BCUT2D eigenvalue weighted by atomic mass is 10.1. The van der Waals surface area contributed by atoms with Crippen molar-refractivity contribution in [2.24, 2.45) is 0 Å². The normalized spacial score (nSPS) is 10.5. The number of carbonyl (C=O) groups is 2. The molecule has 0 saturated heterocycles. The van der Waals surface area contributed by atoms with Gasteiger partial charge in [0.1, 0.15) is 5.75 Å². The standard InChI is InChI=1S/C25H27N3O3/c1-18(2)31-23-11-7-8-21(16-23)27-24(29)17-26-20-14-12-19(13-15-20)25(30)28(3)22-9-5-4-6-10-22/h4-16,18,26H,17H2,1-3H3,(H,27,29). The van der Waals surface area contributed by atoms with Gasteiger partial charge in [0.15, 0.2) is 0 Å². The van der Waals surface area contributed by atoms with Gasteiger partial charge in [-0.25, -0.2) is 0 Å². The molecule has 6 nitrogen and oxygen atoms in total. The van der Waals surface area contributed by atoms with Crippen molar-refractivity contribution in [2.75, 3.05) is 29.1 Å². The minimum atomic E-state index is -0.175. The number of hydrogen-bond acceptors (Lipinski definition) is 4. The molecule has 6 heteroatoms. The molecule has 0 radical (unpaired) electrons. The van der Waals surface area contributed by atoms with Gasteiger partial charge < -0.3 is 20.3 Å². The third-order valence-corrected chi connectivity index (χ3v) is 4.52. The number of nitrogens with zero attached hydrogens (tertiary/aromatic N) is 1. The Morgan fingerprint density at radius 2 is 1.61 bits per heavy atom. The zero-order valence-electron chi connectivity index (χ0n) is 18.0. The van der Waals surface area contributed by atoms with Crippen molar-refractivity contribution in [2.45, 2.75) is 20.0 Å². The summed E-state index contributed by atoms with van der Waals surface area (Å²) in [6.45, 7) is 4.01. The predicted octanol–water partition coefficient (Wildman–Crippen LogP) is 4.80. The Bertz CT molecular complexity index is 1020. The first kappa shape index (κ1) is 21.9. The molecule has 0 saturated carbocycles. The van der Waals surface area contributed by atoms with E-state index < -0.39 is 0 Å². The Hall–Kier alpha value is -3.80. The molecule has 0 bridgehead atoms. The van der Waals surface area contributed by atoms with Crippen LogP contribution in [0.15, 0.2) is 78.9 Å². The van der Waals surface area contributed by atoms with E-state index in [-0.39, 0.29) is 24.5 Å². The largest absolute Gasteiger partial charge is 0.491 e. The summed E-state index contributed by atoms with van der Waals surface area (Å²) >= 11 is 0. The van der Waals surface area contributed by atoms with Crippen LogP contribution in [-0.2, 0) is 4.79 Å². The SMILES string of the molecule is CC(C)Oc1cccc(NC(=O)CNc2ccc(C(=O)N(C)c3ccccc3)cc2)c1. The summed E-state index contributed by atoms with van der Waals surface area (Å²) in [5.41, 5.74) is 2.83. The van der Waals surface area contributed by atoms with E-state index in [0.717, 1.165) is 11.4 Å². The Morgan fingerprint density at radius 3 is 2.29 bits per heavy atom. The van der Waals surface area contributed by atoms with Crippen LogP contribution < -0.4 is 20.3 Å². The average Bonchev–Trinajstić information content (AvgIpc) is 2.77. The van der Waals surface area contributed by atoms with Crippen LogP contribution in [0.5, 0.6) is 5.75 Å². The summed E-state index contributed by atoms with van der Waals surface area (Å²) in [5, 5.41) is 5.92. The van der Waals surface area contributed by atoms with Crippen molar-refractivity contribution in [1.82, 2.24) is 0 Å². The van der Waals surface area contributed by atoms with Crippen LogP contribution in [0.1, 0.15) is 24.2 Å². The number of benzene rings is 3. The van der Waals surface area contributed by atoms with Gasteiger partial charge in [-0.05, 0) is 62.4 Å². The molecule has 0 aliphatic carbocycles. The average molecular weight is 418 g/mol.